The van der Waals surface area contributed by atoms with Crippen molar-refractivity contribution in [2.45, 2.75) is 20.3 Å². The third-order valence-corrected chi connectivity index (χ3v) is 7.82. The van der Waals surface area contributed by atoms with Crippen LogP contribution in [0.4, 0.5) is 11.4 Å². The van der Waals surface area contributed by atoms with E-state index in [9.17, 15) is 14.4 Å². The third kappa shape index (κ3) is 2.59. The number of amides is 3. The van der Waals surface area contributed by atoms with Crippen molar-refractivity contribution in [1.82, 2.24) is 0 Å². The van der Waals surface area contributed by atoms with Crippen LogP contribution in [0.25, 0.3) is 0 Å². The molecule has 2 bridgehead atoms. The number of carbonyl (C=O) groups is 3. The van der Waals surface area contributed by atoms with Crippen LogP contribution in [0.3, 0.4) is 0 Å². The summed E-state index contributed by atoms with van der Waals surface area (Å²) < 4.78 is 0. The van der Waals surface area contributed by atoms with Crippen molar-refractivity contribution in [2.75, 3.05) is 10.2 Å². The summed E-state index contributed by atoms with van der Waals surface area (Å²) in [4.78, 5) is 41.4. The van der Waals surface area contributed by atoms with Gasteiger partial charge in [-0.15, -0.1) is 0 Å². The molecule has 2 aromatic carbocycles. The van der Waals surface area contributed by atoms with Gasteiger partial charge in [-0.1, -0.05) is 30.4 Å². The van der Waals surface area contributed by atoms with E-state index in [-0.39, 0.29) is 41.4 Å². The molecule has 1 heterocycles. The number of nitrogens with zero attached hydrogens (tertiary/aromatic N) is 1. The molecule has 5 aliphatic rings. The Morgan fingerprint density at radius 2 is 1.55 bits per heavy atom. The lowest BCUT2D eigenvalue weighted by atomic mass is 9.63. The van der Waals surface area contributed by atoms with Crippen molar-refractivity contribution in [3.8, 4) is 0 Å². The highest BCUT2D eigenvalue weighted by Gasteiger charge is 2.67. The largest absolute Gasteiger partial charge is 0.322 e. The van der Waals surface area contributed by atoms with E-state index in [4.69, 9.17) is 0 Å². The zero-order valence-electron chi connectivity index (χ0n) is 17.5. The summed E-state index contributed by atoms with van der Waals surface area (Å²) >= 11 is 0. The number of anilines is 2. The van der Waals surface area contributed by atoms with Gasteiger partial charge in [-0.25, -0.2) is 4.90 Å². The Morgan fingerprint density at radius 1 is 0.903 bits per heavy atom. The number of allylic oxidation sites excluding steroid dienone is 2. The summed E-state index contributed by atoms with van der Waals surface area (Å²) in [6.45, 7) is 4.02. The number of carbonyl (C=O) groups excluding carboxylic acids is 3. The number of para-hydroxylation sites is 1. The summed E-state index contributed by atoms with van der Waals surface area (Å²) in [5.41, 5.74) is 3.66. The summed E-state index contributed by atoms with van der Waals surface area (Å²) in [6.07, 6.45) is 5.45. The van der Waals surface area contributed by atoms with Gasteiger partial charge in [-0.2, -0.15) is 0 Å². The number of aryl methyl sites for hydroxylation is 2. The highest BCUT2D eigenvalue weighted by molar-refractivity contribution is 6.25. The van der Waals surface area contributed by atoms with Gasteiger partial charge in [0.25, 0.3) is 5.91 Å². The molecule has 0 radical (unpaired) electrons. The lowest BCUT2D eigenvalue weighted by Gasteiger charge is -2.37. The molecule has 0 aromatic heterocycles. The molecule has 1 N–H and O–H groups in total. The first-order valence-corrected chi connectivity index (χ1v) is 11.0. The molecule has 2 saturated carbocycles. The number of imide groups is 1. The van der Waals surface area contributed by atoms with Crippen LogP contribution in [0.5, 0.6) is 0 Å². The van der Waals surface area contributed by atoms with Crippen molar-refractivity contribution in [1.29, 1.82) is 0 Å². The van der Waals surface area contributed by atoms with Crippen LogP contribution in [-0.4, -0.2) is 17.7 Å². The first-order valence-electron chi connectivity index (χ1n) is 11.0. The SMILES string of the molecule is Cc1ccc(NC(=O)c2ccccc2N2C(=O)[C@@H]3[C@@H]4C=C[C@H]([C@@H]5C[C@H]45)[C@H]3C2=O)cc1C. The van der Waals surface area contributed by atoms with Gasteiger partial charge in [-0.3, -0.25) is 14.4 Å². The number of hydrogen-bond donors (Lipinski definition) is 1. The molecule has 3 amide bonds. The Morgan fingerprint density at radius 3 is 2.19 bits per heavy atom. The molecule has 6 atom stereocenters. The van der Waals surface area contributed by atoms with Crippen LogP contribution in [0.1, 0.15) is 27.9 Å². The topological polar surface area (TPSA) is 66.5 Å². The maximum absolute atomic E-state index is 13.5. The second kappa shape index (κ2) is 6.39. The van der Waals surface area contributed by atoms with E-state index >= 15 is 0 Å². The van der Waals surface area contributed by atoms with E-state index in [0.717, 1.165) is 17.5 Å². The Kier molecular flexibility index (Phi) is 3.83. The van der Waals surface area contributed by atoms with Gasteiger partial charge in [0.1, 0.15) is 0 Å². The van der Waals surface area contributed by atoms with Crippen LogP contribution in [0.15, 0.2) is 54.6 Å². The highest BCUT2D eigenvalue weighted by Crippen LogP contribution is 2.65. The van der Waals surface area contributed by atoms with Crippen LogP contribution < -0.4 is 10.2 Å². The van der Waals surface area contributed by atoms with Gasteiger partial charge < -0.3 is 5.32 Å². The molecule has 4 aliphatic carbocycles. The minimum Gasteiger partial charge on any atom is -0.322 e. The fourth-order valence-corrected chi connectivity index (χ4v) is 6.07. The molecule has 1 saturated heterocycles. The van der Waals surface area contributed by atoms with Crippen molar-refractivity contribution in [2.24, 2.45) is 35.5 Å². The van der Waals surface area contributed by atoms with E-state index in [2.05, 4.69) is 17.5 Å². The van der Waals surface area contributed by atoms with Crippen molar-refractivity contribution >= 4 is 29.1 Å². The van der Waals surface area contributed by atoms with E-state index in [0.29, 0.717) is 28.8 Å². The minimum absolute atomic E-state index is 0.147. The highest BCUT2D eigenvalue weighted by atomic mass is 16.2. The molecule has 0 spiro atoms. The Balaban J connectivity index is 1.34. The van der Waals surface area contributed by atoms with Crippen LogP contribution in [0, 0.1) is 49.4 Å². The number of nitrogens with one attached hydrogen (secondary N) is 1. The number of benzene rings is 2. The van der Waals surface area contributed by atoms with E-state index in [1.807, 2.05) is 32.0 Å². The normalized spacial score (nSPS) is 32.1. The van der Waals surface area contributed by atoms with Gasteiger partial charge in [-0.05, 0) is 79.3 Å². The molecular formula is C26H24N2O3. The van der Waals surface area contributed by atoms with Gasteiger partial charge in [0.05, 0.1) is 23.1 Å². The predicted molar refractivity (Wildman–Crippen MR) is 118 cm³/mol. The predicted octanol–water partition coefficient (Wildman–Crippen LogP) is 4.11. The Hall–Kier alpha value is -3.21. The zero-order valence-corrected chi connectivity index (χ0v) is 17.5. The molecule has 5 nitrogen and oxygen atoms in total. The lowest BCUT2D eigenvalue weighted by Crippen LogP contribution is -2.40. The van der Waals surface area contributed by atoms with Crippen molar-refractivity contribution < 1.29 is 14.4 Å². The van der Waals surface area contributed by atoms with E-state index in [1.54, 1.807) is 24.3 Å². The Labute approximate surface area is 181 Å². The van der Waals surface area contributed by atoms with Crippen LogP contribution in [-0.2, 0) is 9.59 Å². The first-order chi connectivity index (χ1) is 15.0. The Bertz CT molecular complexity index is 1150. The number of hydrogen-bond acceptors (Lipinski definition) is 3. The van der Waals surface area contributed by atoms with E-state index in [1.165, 1.54) is 4.90 Å². The van der Waals surface area contributed by atoms with Gasteiger partial charge in [0.2, 0.25) is 11.8 Å². The molecular weight excluding hydrogens is 388 g/mol. The van der Waals surface area contributed by atoms with E-state index < -0.39 is 0 Å². The number of rotatable bonds is 3. The van der Waals surface area contributed by atoms with Gasteiger partial charge in [0.15, 0.2) is 0 Å². The monoisotopic (exact) mass is 412 g/mol. The smallest absolute Gasteiger partial charge is 0.257 e. The molecule has 31 heavy (non-hydrogen) atoms. The maximum atomic E-state index is 13.5. The van der Waals surface area contributed by atoms with Crippen molar-refractivity contribution in [3.63, 3.8) is 0 Å². The quantitative estimate of drug-likeness (QED) is 0.609. The maximum Gasteiger partial charge on any atom is 0.257 e. The molecule has 7 rings (SSSR count). The summed E-state index contributed by atoms with van der Waals surface area (Å²) in [5.74, 6) is 0.267. The minimum atomic E-state index is -0.321. The summed E-state index contributed by atoms with van der Waals surface area (Å²) in [5, 5.41) is 2.93. The second-order valence-corrected chi connectivity index (χ2v) is 9.44. The second-order valence-electron chi connectivity index (χ2n) is 9.44. The van der Waals surface area contributed by atoms with Crippen LogP contribution in [0.2, 0.25) is 0 Å². The van der Waals surface area contributed by atoms with Gasteiger partial charge >= 0.3 is 0 Å². The van der Waals surface area contributed by atoms with Crippen molar-refractivity contribution in [3.05, 3.63) is 71.3 Å². The zero-order chi connectivity index (χ0) is 21.4. The molecule has 3 fully saturated rings. The molecule has 2 aromatic rings. The lowest BCUT2D eigenvalue weighted by molar-refractivity contribution is -0.124. The summed E-state index contributed by atoms with van der Waals surface area (Å²) in [6, 6.07) is 12.7. The summed E-state index contributed by atoms with van der Waals surface area (Å²) in [7, 11) is 0. The first kappa shape index (κ1) is 18.6. The average Bonchev–Trinajstić information content (AvgIpc) is 3.54. The molecule has 0 unspecified atom stereocenters. The third-order valence-electron chi connectivity index (χ3n) is 7.82. The standard InChI is InChI=1S/C26H24N2O3/c1-13-7-8-15(11-14(13)2)27-24(29)18-5-3-4-6-21(18)28-25(30)22-16-9-10-17(20-12-19(16)20)23(22)26(28)31/h3-11,16-17,19-20,22-23H,12H2,1-2H3,(H,27,29)/t16-,17-,19-,20+,22-,23-/m1/s1. The molecule has 5 heteroatoms. The fourth-order valence-electron chi connectivity index (χ4n) is 6.07. The molecule has 156 valence electrons. The average molecular weight is 412 g/mol. The fraction of sp³-hybridized carbons (Fsp3) is 0.346. The van der Waals surface area contributed by atoms with Crippen LogP contribution >= 0.6 is 0 Å². The molecule has 1 aliphatic heterocycles. The van der Waals surface area contributed by atoms with Gasteiger partial charge in [0, 0.05) is 5.69 Å².